The molecule has 3 atom stereocenters. The molecule has 5 nitrogen and oxygen atoms in total. The zero-order valence-electron chi connectivity index (χ0n) is 13.3. The Balaban J connectivity index is 1.50. The number of morpholine rings is 1. The van der Waals surface area contributed by atoms with Gasteiger partial charge >= 0.3 is 6.18 Å². The smallest absolute Gasteiger partial charge is 0.365 e. The third-order valence-corrected chi connectivity index (χ3v) is 6.22. The third-order valence-electron chi connectivity index (χ3n) is 6.22. The predicted octanol–water partition coefficient (Wildman–Crippen LogP) is 1.61. The van der Waals surface area contributed by atoms with Crippen LogP contribution in [-0.2, 0) is 14.3 Å². The molecule has 8 heteroatoms. The molecule has 2 heterocycles. The molecule has 1 spiro atoms. The summed E-state index contributed by atoms with van der Waals surface area (Å²) >= 11 is 0. The number of carbonyl (C=O) groups is 2. The van der Waals surface area contributed by atoms with Crippen molar-refractivity contribution in [2.75, 3.05) is 13.2 Å². The van der Waals surface area contributed by atoms with Crippen molar-refractivity contribution < 1.29 is 27.5 Å². The summed E-state index contributed by atoms with van der Waals surface area (Å²) in [5.41, 5.74) is 0.334. The standard InChI is InChI=1S/C16H21F3N2O3/c17-16(18,19)11-7-21-10(8-24-11)4-12(22)20-13(14(21)23)9-5-15(6-9)2-1-3-15/h9-11,13H,1-8H2,(H,20,22)/t10-,11-,13?/m0/s1. The van der Waals surface area contributed by atoms with E-state index in [-0.39, 0.29) is 30.8 Å². The van der Waals surface area contributed by atoms with E-state index in [1.807, 2.05) is 0 Å². The van der Waals surface area contributed by atoms with E-state index >= 15 is 0 Å². The molecular formula is C16H21F3N2O3. The summed E-state index contributed by atoms with van der Waals surface area (Å²) < 4.78 is 43.7. The lowest BCUT2D eigenvalue weighted by Gasteiger charge is -2.56. The number of nitrogens with zero attached hydrogens (tertiary/aromatic N) is 1. The van der Waals surface area contributed by atoms with Gasteiger partial charge in [0.15, 0.2) is 6.10 Å². The van der Waals surface area contributed by atoms with Crippen LogP contribution in [0.5, 0.6) is 0 Å². The number of hydrogen-bond acceptors (Lipinski definition) is 3. The largest absolute Gasteiger partial charge is 0.416 e. The number of hydrogen-bond donors (Lipinski definition) is 1. The zero-order chi connectivity index (χ0) is 17.1. The summed E-state index contributed by atoms with van der Waals surface area (Å²) in [5.74, 6) is -0.597. The van der Waals surface area contributed by atoms with Crippen molar-refractivity contribution >= 4 is 11.8 Å². The van der Waals surface area contributed by atoms with E-state index in [9.17, 15) is 22.8 Å². The van der Waals surface area contributed by atoms with Crippen LogP contribution in [0, 0.1) is 11.3 Å². The molecular weight excluding hydrogens is 325 g/mol. The number of halogens is 3. The van der Waals surface area contributed by atoms with Crippen LogP contribution in [0.1, 0.15) is 38.5 Å². The Morgan fingerprint density at radius 1 is 1.21 bits per heavy atom. The Bertz CT molecular complexity index is 553. The first-order chi connectivity index (χ1) is 11.3. The first-order valence-electron chi connectivity index (χ1n) is 8.56. The molecule has 2 saturated heterocycles. The second kappa shape index (κ2) is 5.34. The van der Waals surface area contributed by atoms with Gasteiger partial charge in [-0.2, -0.15) is 13.2 Å². The van der Waals surface area contributed by atoms with Crippen LogP contribution in [0.25, 0.3) is 0 Å². The summed E-state index contributed by atoms with van der Waals surface area (Å²) in [6.07, 6.45) is -1.16. The first-order valence-corrected chi connectivity index (χ1v) is 8.56. The minimum absolute atomic E-state index is 0.00464. The van der Waals surface area contributed by atoms with E-state index in [1.165, 1.54) is 11.3 Å². The van der Waals surface area contributed by atoms with E-state index in [1.54, 1.807) is 0 Å². The van der Waals surface area contributed by atoms with Gasteiger partial charge in [0.2, 0.25) is 11.8 Å². The lowest BCUT2D eigenvalue weighted by atomic mass is 9.50. The molecule has 4 aliphatic rings. The normalized spacial score (nSPS) is 36.5. The van der Waals surface area contributed by atoms with Crippen molar-refractivity contribution in [2.24, 2.45) is 11.3 Å². The number of alkyl halides is 3. The highest BCUT2D eigenvalue weighted by atomic mass is 19.4. The summed E-state index contributed by atoms with van der Waals surface area (Å²) in [6.45, 7) is -0.763. The second-order valence-corrected chi connectivity index (χ2v) is 7.78. The van der Waals surface area contributed by atoms with E-state index < -0.39 is 30.9 Å². The molecule has 2 aliphatic heterocycles. The number of nitrogens with one attached hydrogen (secondary N) is 1. The first kappa shape index (κ1) is 16.2. The fourth-order valence-electron chi connectivity index (χ4n) is 4.71. The molecule has 0 bridgehead atoms. The van der Waals surface area contributed by atoms with Crippen molar-refractivity contribution in [2.45, 2.75) is 62.9 Å². The third kappa shape index (κ3) is 2.59. The maximum atomic E-state index is 12.9. The Morgan fingerprint density at radius 3 is 2.50 bits per heavy atom. The van der Waals surface area contributed by atoms with Crippen LogP contribution >= 0.6 is 0 Å². The molecule has 0 aromatic carbocycles. The Labute approximate surface area is 137 Å². The van der Waals surface area contributed by atoms with Crippen LogP contribution in [0.3, 0.4) is 0 Å². The molecule has 1 unspecified atom stereocenters. The molecule has 0 aromatic rings. The van der Waals surface area contributed by atoms with E-state index in [4.69, 9.17) is 4.74 Å². The molecule has 134 valence electrons. The monoisotopic (exact) mass is 346 g/mol. The highest BCUT2D eigenvalue weighted by Crippen LogP contribution is 2.59. The Kier molecular flexibility index (Phi) is 3.60. The lowest BCUT2D eigenvalue weighted by Crippen LogP contribution is -2.61. The number of carbonyl (C=O) groups excluding carboxylic acids is 2. The van der Waals surface area contributed by atoms with Gasteiger partial charge in [0.25, 0.3) is 0 Å². The van der Waals surface area contributed by atoms with Gasteiger partial charge in [0.1, 0.15) is 6.04 Å². The minimum Gasteiger partial charge on any atom is -0.365 e. The average Bonchev–Trinajstić information content (AvgIpc) is 2.52. The minimum atomic E-state index is -4.50. The fourth-order valence-corrected chi connectivity index (χ4v) is 4.71. The van der Waals surface area contributed by atoms with E-state index in [0.717, 1.165) is 25.7 Å². The van der Waals surface area contributed by atoms with E-state index in [0.29, 0.717) is 5.41 Å². The van der Waals surface area contributed by atoms with Gasteiger partial charge < -0.3 is 15.0 Å². The summed E-state index contributed by atoms with van der Waals surface area (Å²) in [6, 6.07) is -1.28. The van der Waals surface area contributed by atoms with Gasteiger partial charge in [0.05, 0.1) is 19.2 Å². The van der Waals surface area contributed by atoms with Crippen molar-refractivity contribution in [1.29, 1.82) is 0 Å². The molecule has 0 radical (unpaired) electrons. The van der Waals surface area contributed by atoms with Crippen LogP contribution in [-0.4, -0.2) is 54.2 Å². The molecule has 4 fully saturated rings. The molecule has 24 heavy (non-hydrogen) atoms. The Hall–Kier alpha value is -1.31. The molecule has 2 aliphatic carbocycles. The van der Waals surface area contributed by atoms with Gasteiger partial charge in [-0.25, -0.2) is 0 Å². The lowest BCUT2D eigenvalue weighted by molar-refractivity contribution is -0.243. The maximum absolute atomic E-state index is 12.9. The van der Waals surface area contributed by atoms with Crippen LogP contribution in [0.2, 0.25) is 0 Å². The van der Waals surface area contributed by atoms with Crippen molar-refractivity contribution in [3.8, 4) is 0 Å². The van der Waals surface area contributed by atoms with Crippen LogP contribution < -0.4 is 5.32 Å². The van der Waals surface area contributed by atoms with Gasteiger partial charge in [0, 0.05) is 6.42 Å². The second-order valence-electron chi connectivity index (χ2n) is 7.78. The number of amides is 2. The van der Waals surface area contributed by atoms with Crippen LogP contribution in [0.4, 0.5) is 13.2 Å². The quantitative estimate of drug-likeness (QED) is 0.785. The van der Waals surface area contributed by atoms with Crippen molar-refractivity contribution in [3.05, 3.63) is 0 Å². The molecule has 0 aromatic heterocycles. The molecule has 2 amide bonds. The number of fused-ring (bicyclic) bond motifs is 1. The van der Waals surface area contributed by atoms with Crippen molar-refractivity contribution in [1.82, 2.24) is 10.2 Å². The molecule has 4 rings (SSSR count). The van der Waals surface area contributed by atoms with E-state index in [2.05, 4.69) is 5.32 Å². The predicted molar refractivity (Wildman–Crippen MR) is 76.9 cm³/mol. The fraction of sp³-hybridized carbons (Fsp3) is 0.875. The van der Waals surface area contributed by atoms with Gasteiger partial charge in [-0.3, -0.25) is 9.59 Å². The Morgan fingerprint density at radius 2 is 1.92 bits per heavy atom. The summed E-state index contributed by atoms with van der Waals surface area (Å²) in [4.78, 5) is 26.2. The molecule has 1 N–H and O–H groups in total. The highest BCUT2D eigenvalue weighted by molar-refractivity contribution is 5.91. The van der Waals surface area contributed by atoms with Gasteiger partial charge in [-0.05, 0) is 37.0 Å². The zero-order valence-corrected chi connectivity index (χ0v) is 13.3. The van der Waals surface area contributed by atoms with Crippen LogP contribution in [0.15, 0.2) is 0 Å². The number of ether oxygens (including phenoxy) is 1. The topological polar surface area (TPSA) is 58.6 Å². The summed E-state index contributed by atoms with van der Waals surface area (Å²) in [5, 5.41) is 2.76. The summed E-state index contributed by atoms with van der Waals surface area (Å²) in [7, 11) is 0. The molecule has 2 saturated carbocycles. The van der Waals surface area contributed by atoms with Gasteiger partial charge in [-0.15, -0.1) is 0 Å². The maximum Gasteiger partial charge on any atom is 0.416 e. The SMILES string of the molecule is O=C1C[C@H]2CO[C@H](C(F)(F)F)CN2C(=O)C(C2CC3(CCC3)C2)N1. The van der Waals surface area contributed by atoms with Gasteiger partial charge in [-0.1, -0.05) is 6.42 Å². The highest BCUT2D eigenvalue weighted by Gasteiger charge is 2.55. The van der Waals surface area contributed by atoms with Crippen molar-refractivity contribution in [3.63, 3.8) is 0 Å². The number of rotatable bonds is 1. The average molecular weight is 346 g/mol.